The fraction of sp³-hybridized carbons (Fsp3) is 0.417. The molecule has 1 aliphatic heterocycles. The summed E-state index contributed by atoms with van der Waals surface area (Å²) in [4.78, 5) is 11.8. The second-order valence-electron chi connectivity index (χ2n) is 8.13. The number of aliphatic hydroxyl groups is 2. The lowest BCUT2D eigenvalue weighted by molar-refractivity contribution is -0.0148. The second kappa shape index (κ2) is 9.60. The van der Waals surface area contributed by atoms with E-state index in [1.807, 2.05) is 43.3 Å². The first-order valence-electron chi connectivity index (χ1n) is 11.0. The fourth-order valence-corrected chi connectivity index (χ4v) is 4.15. The molecule has 1 fully saturated rings. The maximum Gasteiger partial charge on any atom is 0.165 e. The Kier molecular flexibility index (Phi) is 6.65. The van der Waals surface area contributed by atoms with Crippen LogP contribution in [0.2, 0.25) is 0 Å². The first-order chi connectivity index (χ1) is 15.1. The number of rotatable bonds is 7. The summed E-state index contributed by atoms with van der Waals surface area (Å²) in [5, 5.41) is 34.6. The lowest BCUT2D eigenvalue weighted by Crippen LogP contribution is -2.50. The number of phenols is 1. The van der Waals surface area contributed by atoms with Gasteiger partial charge in [-0.3, -0.25) is 5.32 Å². The van der Waals surface area contributed by atoms with Gasteiger partial charge in [-0.15, -0.1) is 0 Å². The zero-order chi connectivity index (χ0) is 21.8. The number of fused-ring (bicyclic) bond motifs is 1. The molecular weight excluding hydrogens is 392 g/mol. The van der Waals surface area contributed by atoms with Crippen molar-refractivity contribution in [2.24, 2.45) is 0 Å². The smallest absolute Gasteiger partial charge is 0.165 e. The van der Waals surface area contributed by atoms with Crippen LogP contribution in [0.1, 0.15) is 32.6 Å². The van der Waals surface area contributed by atoms with Gasteiger partial charge in [0.25, 0.3) is 0 Å². The molecule has 7 nitrogen and oxygen atoms in total. The van der Waals surface area contributed by atoms with Gasteiger partial charge in [-0.25, -0.2) is 9.97 Å². The van der Waals surface area contributed by atoms with Crippen LogP contribution in [-0.4, -0.2) is 56.8 Å². The summed E-state index contributed by atoms with van der Waals surface area (Å²) in [7, 11) is 0. The Morgan fingerprint density at radius 3 is 2.48 bits per heavy atom. The van der Waals surface area contributed by atoms with E-state index >= 15 is 0 Å². The molecule has 2 atom stereocenters. The molecule has 3 aromatic rings. The highest BCUT2D eigenvalue weighted by Gasteiger charge is 2.26. The Morgan fingerprint density at radius 1 is 1.03 bits per heavy atom. The van der Waals surface area contributed by atoms with E-state index in [4.69, 9.17) is 4.98 Å². The van der Waals surface area contributed by atoms with Gasteiger partial charge in [0, 0.05) is 24.5 Å². The van der Waals surface area contributed by atoms with Crippen LogP contribution in [0.3, 0.4) is 0 Å². The van der Waals surface area contributed by atoms with E-state index in [1.54, 1.807) is 12.1 Å². The largest absolute Gasteiger partial charge is 0.507 e. The molecule has 1 aliphatic rings. The molecular formula is C24H30N4O3. The second-order valence-corrected chi connectivity index (χ2v) is 8.13. The number of phenolic OH excluding ortho intramolecular Hbond substituents is 1. The normalized spacial score (nSPS) is 17.1. The number of nitrogens with one attached hydrogen (secondary N) is 1. The van der Waals surface area contributed by atoms with E-state index in [0.717, 1.165) is 49.1 Å². The van der Waals surface area contributed by atoms with Crippen LogP contribution < -0.4 is 10.2 Å². The minimum atomic E-state index is -0.899. The molecule has 2 aromatic carbocycles. The van der Waals surface area contributed by atoms with Crippen molar-refractivity contribution in [1.29, 1.82) is 0 Å². The van der Waals surface area contributed by atoms with Gasteiger partial charge in [-0.2, -0.15) is 0 Å². The molecule has 0 amide bonds. The maximum atomic E-state index is 10.3. The minimum absolute atomic E-state index is 0.142. The van der Waals surface area contributed by atoms with E-state index in [0.29, 0.717) is 17.8 Å². The van der Waals surface area contributed by atoms with Crippen LogP contribution in [-0.2, 0) is 0 Å². The topological polar surface area (TPSA) is 102 Å². The van der Waals surface area contributed by atoms with Crippen molar-refractivity contribution in [3.63, 3.8) is 0 Å². The van der Waals surface area contributed by atoms with Crippen molar-refractivity contribution in [1.82, 2.24) is 15.3 Å². The third-order valence-corrected chi connectivity index (χ3v) is 5.88. The van der Waals surface area contributed by atoms with Crippen LogP contribution in [0, 0.1) is 0 Å². The van der Waals surface area contributed by atoms with Gasteiger partial charge in [-0.05, 0) is 43.5 Å². The summed E-state index contributed by atoms with van der Waals surface area (Å²) in [6.45, 7) is 3.54. The number of benzene rings is 2. The molecule has 164 valence electrons. The lowest BCUT2D eigenvalue weighted by Gasteiger charge is -2.35. The van der Waals surface area contributed by atoms with Gasteiger partial charge in [0.05, 0.1) is 17.2 Å². The third kappa shape index (κ3) is 4.79. The molecule has 1 saturated heterocycles. The van der Waals surface area contributed by atoms with E-state index in [2.05, 4.69) is 15.2 Å². The highest BCUT2D eigenvalue weighted by Crippen LogP contribution is 2.32. The highest BCUT2D eigenvalue weighted by molar-refractivity contribution is 5.91. The summed E-state index contributed by atoms with van der Waals surface area (Å²) in [6.07, 6.45) is 1.44. The van der Waals surface area contributed by atoms with Crippen molar-refractivity contribution in [3.05, 3.63) is 48.5 Å². The van der Waals surface area contributed by atoms with E-state index < -0.39 is 12.3 Å². The highest BCUT2D eigenvalue weighted by atomic mass is 16.3. The van der Waals surface area contributed by atoms with Crippen molar-refractivity contribution in [2.75, 3.05) is 18.0 Å². The molecule has 2 heterocycles. The molecule has 1 aromatic heterocycles. The summed E-state index contributed by atoms with van der Waals surface area (Å²) in [6, 6.07) is 15.2. The molecule has 0 aliphatic carbocycles. The Morgan fingerprint density at radius 2 is 1.74 bits per heavy atom. The molecule has 31 heavy (non-hydrogen) atoms. The monoisotopic (exact) mass is 422 g/mol. The zero-order valence-electron chi connectivity index (χ0n) is 17.8. The fourth-order valence-electron chi connectivity index (χ4n) is 4.15. The molecule has 7 heteroatoms. The summed E-state index contributed by atoms with van der Waals surface area (Å²) >= 11 is 0. The molecule has 0 bridgehead atoms. The maximum absolute atomic E-state index is 10.3. The van der Waals surface area contributed by atoms with Crippen LogP contribution in [0.4, 0.5) is 5.82 Å². The Bertz CT molecular complexity index is 1020. The third-order valence-electron chi connectivity index (χ3n) is 5.88. The number of aromatic hydroxyl groups is 1. The van der Waals surface area contributed by atoms with Crippen LogP contribution >= 0.6 is 0 Å². The molecule has 4 N–H and O–H groups in total. The molecule has 4 rings (SSSR count). The van der Waals surface area contributed by atoms with E-state index in [1.165, 1.54) is 0 Å². The SMILES string of the molecule is CCCC(O)C(O)NC1CCN(c2nc(-c3ccccc3O)nc3ccccc23)CC1. The first-order valence-corrected chi connectivity index (χ1v) is 11.0. The van der Waals surface area contributed by atoms with Crippen LogP contribution in [0.25, 0.3) is 22.3 Å². The number of para-hydroxylation sites is 2. The Labute approximate surface area is 182 Å². The van der Waals surface area contributed by atoms with Gasteiger partial charge in [0.2, 0.25) is 0 Å². The van der Waals surface area contributed by atoms with Gasteiger partial charge >= 0.3 is 0 Å². The predicted molar refractivity (Wildman–Crippen MR) is 122 cm³/mol. The van der Waals surface area contributed by atoms with Crippen molar-refractivity contribution in [3.8, 4) is 17.1 Å². The average molecular weight is 423 g/mol. The van der Waals surface area contributed by atoms with E-state index in [-0.39, 0.29) is 11.8 Å². The number of hydrogen-bond donors (Lipinski definition) is 4. The summed E-state index contributed by atoms with van der Waals surface area (Å²) < 4.78 is 0. The van der Waals surface area contributed by atoms with Gasteiger partial charge in [0.15, 0.2) is 5.82 Å². The Balaban J connectivity index is 1.55. The van der Waals surface area contributed by atoms with Crippen LogP contribution in [0.15, 0.2) is 48.5 Å². The molecule has 2 unspecified atom stereocenters. The van der Waals surface area contributed by atoms with Gasteiger partial charge in [0.1, 0.15) is 17.8 Å². The summed E-state index contributed by atoms with van der Waals surface area (Å²) in [5.41, 5.74) is 1.45. The quantitative estimate of drug-likeness (QED) is 0.434. The average Bonchev–Trinajstić information content (AvgIpc) is 2.79. The number of piperidine rings is 1. The van der Waals surface area contributed by atoms with Crippen molar-refractivity contribution < 1.29 is 15.3 Å². The molecule has 0 radical (unpaired) electrons. The van der Waals surface area contributed by atoms with Crippen molar-refractivity contribution >= 4 is 16.7 Å². The molecule has 0 spiro atoms. The number of hydrogen-bond acceptors (Lipinski definition) is 7. The van der Waals surface area contributed by atoms with E-state index in [9.17, 15) is 15.3 Å². The van der Waals surface area contributed by atoms with Gasteiger partial charge < -0.3 is 20.2 Å². The number of aromatic nitrogens is 2. The minimum Gasteiger partial charge on any atom is -0.507 e. The standard InChI is InChI=1S/C24H30N4O3/c1-2-7-21(30)24(31)25-16-12-14-28(15-13-16)23-17-8-3-5-10-19(17)26-22(27-23)18-9-4-6-11-20(18)29/h3-6,8-11,16,21,24-25,29-31H,2,7,12-15H2,1H3. The van der Waals surface area contributed by atoms with Crippen LogP contribution in [0.5, 0.6) is 5.75 Å². The number of nitrogens with zero attached hydrogens (tertiary/aromatic N) is 3. The first kappa shape index (κ1) is 21.5. The lowest BCUT2D eigenvalue weighted by atomic mass is 10.0. The van der Waals surface area contributed by atoms with Crippen molar-refractivity contribution in [2.45, 2.75) is 51.0 Å². The number of anilines is 1. The molecule has 0 saturated carbocycles. The summed E-state index contributed by atoms with van der Waals surface area (Å²) in [5.74, 6) is 1.52. The van der Waals surface area contributed by atoms with Gasteiger partial charge in [-0.1, -0.05) is 37.6 Å². The zero-order valence-corrected chi connectivity index (χ0v) is 17.8. The Hall–Kier alpha value is -2.74. The predicted octanol–water partition coefficient (Wildman–Crippen LogP) is 3.04. The number of aliphatic hydroxyl groups excluding tert-OH is 2.